The smallest absolute Gasteiger partial charge is 0.316 e. The van der Waals surface area contributed by atoms with Gasteiger partial charge in [0.2, 0.25) is 5.91 Å². The third-order valence-corrected chi connectivity index (χ3v) is 4.88. The minimum atomic E-state index is -0.509. The summed E-state index contributed by atoms with van der Waals surface area (Å²) in [5.41, 5.74) is 1.48. The van der Waals surface area contributed by atoms with E-state index in [-0.39, 0.29) is 12.3 Å². The van der Waals surface area contributed by atoms with Crippen LogP contribution in [-0.2, 0) is 19.1 Å². The molecule has 0 bridgehead atoms. The van der Waals surface area contributed by atoms with Crippen LogP contribution in [0.1, 0.15) is 5.56 Å². The molecule has 2 rings (SSSR count). The van der Waals surface area contributed by atoms with Crippen LogP contribution in [0.4, 0.5) is 10.1 Å². The first-order valence-corrected chi connectivity index (χ1v) is 9.47. The van der Waals surface area contributed by atoms with Gasteiger partial charge in [0, 0.05) is 17.6 Å². The Morgan fingerprint density at radius 1 is 1.11 bits per heavy atom. The van der Waals surface area contributed by atoms with Crippen LogP contribution < -0.4 is 5.32 Å². The maximum absolute atomic E-state index is 12.9. The summed E-state index contributed by atoms with van der Waals surface area (Å²) in [6.07, 6.45) is 0. The number of ether oxygens (including phenoxy) is 1. The molecule has 0 aliphatic carbocycles. The van der Waals surface area contributed by atoms with Crippen molar-refractivity contribution in [2.24, 2.45) is 0 Å². The van der Waals surface area contributed by atoms with E-state index in [1.165, 1.54) is 43.1 Å². The normalized spacial score (nSPS) is 10.2. The van der Waals surface area contributed by atoms with Crippen LogP contribution in [0, 0.1) is 12.7 Å². The van der Waals surface area contributed by atoms with Crippen molar-refractivity contribution < 1.29 is 23.5 Å². The Bertz CT molecular complexity index is 842. The van der Waals surface area contributed by atoms with E-state index in [2.05, 4.69) is 5.32 Å². The van der Waals surface area contributed by atoms with Gasteiger partial charge in [0.1, 0.15) is 5.82 Å². The molecule has 0 saturated carbocycles. The van der Waals surface area contributed by atoms with E-state index in [1.807, 2.05) is 31.2 Å². The fourth-order valence-corrected chi connectivity index (χ4v) is 3.01. The molecule has 0 spiro atoms. The van der Waals surface area contributed by atoms with Crippen molar-refractivity contribution >= 4 is 35.2 Å². The van der Waals surface area contributed by atoms with Gasteiger partial charge in [0.05, 0.1) is 12.3 Å². The summed E-state index contributed by atoms with van der Waals surface area (Å²) in [5, 5.41) is 2.55. The minimum Gasteiger partial charge on any atom is -0.455 e. The van der Waals surface area contributed by atoms with Crippen molar-refractivity contribution in [3.63, 3.8) is 0 Å². The summed E-state index contributed by atoms with van der Waals surface area (Å²) in [6.45, 7) is 1.29. The van der Waals surface area contributed by atoms with E-state index in [9.17, 15) is 18.8 Å². The summed E-state index contributed by atoms with van der Waals surface area (Å²) in [6, 6.07) is 12.9. The minimum absolute atomic E-state index is 0.0902. The number of benzene rings is 2. The zero-order valence-electron chi connectivity index (χ0n) is 15.6. The highest BCUT2D eigenvalue weighted by atomic mass is 32.2. The van der Waals surface area contributed by atoms with E-state index in [0.717, 1.165) is 15.4 Å². The van der Waals surface area contributed by atoms with Gasteiger partial charge in [-0.25, -0.2) is 4.39 Å². The standard InChI is InChI=1S/C20H21FN2O4S/c1-14-5-3-4-6-17(14)28-13-20(26)27-12-19(25)23(2)11-18(24)22-16-9-7-15(21)8-10-16/h3-10H,11-13H2,1-2H3,(H,22,24). The first-order valence-electron chi connectivity index (χ1n) is 8.48. The topological polar surface area (TPSA) is 75.7 Å². The van der Waals surface area contributed by atoms with E-state index < -0.39 is 30.2 Å². The van der Waals surface area contributed by atoms with Gasteiger partial charge in [-0.2, -0.15) is 0 Å². The summed E-state index contributed by atoms with van der Waals surface area (Å²) in [5.74, 6) is -1.77. The monoisotopic (exact) mass is 404 g/mol. The molecule has 0 aromatic heterocycles. The largest absolute Gasteiger partial charge is 0.455 e. The molecule has 0 saturated heterocycles. The second kappa shape index (κ2) is 10.5. The number of halogens is 1. The third kappa shape index (κ3) is 7.03. The fourth-order valence-electron chi connectivity index (χ4n) is 2.19. The highest BCUT2D eigenvalue weighted by Crippen LogP contribution is 2.21. The average Bonchev–Trinajstić information content (AvgIpc) is 2.67. The molecule has 2 aromatic carbocycles. The maximum Gasteiger partial charge on any atom is 0.316 e. The molecule has 2 aromatic rings. The number of nitrogens with one attached hydrogen (secondary N) is 1. The van der Waals surface area contributed by atoms with Crippen molar-refractivity contribution in [1.82, 2.24) is 4.90 Å². The van der Waals surface area contributed by atoms with Gasteiger partial charge < -0.3 is 15.0 Å². The number of esters is 1. The Hall–Kier alpha value is -2.87. The fraction of sp³-hybridized carbons (Fsp3) is 0.250. The predicted molar refractivity (Wildman–Crippen MR) is 106 cm³/mol. The molecule has 8 heteroatoms. The zero-order chi connectivity index (χ0) is 20.5. The quantitative estimate of drug-likeness (QED) is 0.541. The number of carbonyl (C=O) groups excluding carboxylic acids is 3. The first-order chi connectivity index (χ1) is 13.3. The van der Waals surface area contributed by atoms with Gasteiger partial charge in [0.25, 0.3) is 5.91 Å². The van der Waals surface area contributed by atoms with Gasteiger partial charge in [0.15, 0.2) is 6.61 Å². The summed E-state index contributed by atoms with van der Waals surface area (Å²) in [4.78, 5) is 37.9. The highest BCUT2D eigenvalue weighted by molar-refractivity contribution is 8.00. The molecule has 0 radical (unpaired) electrons. The van der Waals surface area contributed by atoms with Crippen molar-refractivity contribution in [2.45, 2.75) is 11.8 Å². The number of hydrogen-bond donors (Lipinski definition) is 1. The molecule has 0 unspecified atom stereocenters. The second-order valence-electron chi connectivity index (χ2n) is 6.02. The van der Waals surface area contributed by atoms with E-state index in [1.54, 1.807) is 0 Å². The van der Waals surface area contributed by atoms with Gasteiger partial charge in [-0.05, 0) is 42.8 Å². The van der Waals surface area contributed by atoms with Crippen LogP contribution >= 0.6 is 11.8 Å². The predicted octanol–water partition coefficient (Wildman–Crippen LogP) is 2.87. The molecule has 0 heterocycles. The Morgan fingerprint density at radius 3 is 2.46 bits per heavy atom. The summed E-state index contributed by atoms with van der Waals surface area (Å²) >= 11 is 1.34. The van der Waals surface area contributed by atoms with E-state index >= 15 is 0 Å². The molecule has 0 aliphatic rings. The molecule has 0 atom stereocenters. The van der Waals surface area contributed by atoms with Crippen LogP contribution in [0.5, 0.6) is 0 Å². The van der Waals surface area contributed by atoms with E-state index in [4.69, 9.17) is 4.74 Å². The number of rotatable bonds is 8. The number of carbonyl (C=O) groups is 3. The number of amides is 2. The van der Waals surface area contributed by atoms with Crippen LogP contribution in [0.3, 0.4) is 0 Å². The van der Waals surface area contributed by atoms with Crippen LogP contribution in [-0.4, -0.2) is 48.6 Å². The summed E-state index contributed by atoms with van der Waals surface area (Å²) < 4.78 is 17.8. The molecule has 0 fully saturated rings. The van der Waals surface area contributed by atoms with Gasteiger partial charge in [-0.3, -0.25) is 14.4 Å². The number of thioether (sulfide) groups is 1. The number of likely N-dealkylation sites (N-methyl/N-ethyl adjacent to an activating group) is 1. The number of hydrogen-bond acceptors (Lipinski definition) is 5. The van der Waals surface area contributed by atoms with Crippen LogP contribution in [0.2, 0.25) is 0 Å². The lowest BCUT2D eigenvalue weighted by molar-refractivity contribution is -0.149. The lowest BCUT2D eigenvalue weighted by Crippen LogP contribution is -2.37. The van der Waals surface area contributed by atoms with Gasteiger partial charge in [-0.15, -0.1) is 11.8 Å². The van der Waals surface area contributed by atoms with Crippen molar-refractivity contribution in [3.8, 4) is 0 Å². The average molecular weight is 404 g/mol. The first kappa shape index (κ1) is 21.4. The zero-order valence-corrected chi connectivity index (χ0v) is 16.4. The maximum atomic E-state index is 12.9. The lowest BCUT2D eigenvalue weighted by atomic mass is 10.2. The molecule has 0 aliphatic heterocycles. The van der Waals surface area contributed by atoms with Crippen molar-refractivity contribution in [3.05, 3.63) is 59.9 Å². The SMILES string of the molecule is Cc1ccccc1SCC(=O)OCC(=O)N(C)CC(=O)Nc1ccc(F)cc1. The molecule has 2 amide bonds. The Kier molecular flexibility index (Phi) is 8.01. The Balaban J connectivity index is 1.71. The molecule has 1 N–H and O–H groups in total. The Labute approximate surface area is 167 Å². The van der Waals surface area contributed by atoms with Crippen LogP contribution in [0.15, 0.2) is 53.4 Å². The second-order valence-corrected chi connectivity index (χ2v) is 7.04. The molecular formula is C20H21FN2O4S. The van der Waals surface area contributed by atoms with Gasteiger partial charge >= 0.3 is 5.97 Å². The van der Waals surface area contributed by atoms with Crippen molar-refractivity contribution in [1.29, 1.82) is 0 Å². The van der Waals surface area contributed by atoms with Gasteiger partial charge in [-0.1, -0.05) is 18.2 Å². The number of aryl methyl sites for hydroxylation is 1. The number of anilines is 1. The molecule has 6 nitrogen and oxygen atoms in total. The highest BCUT2D eigenvalue weighted by Gasteiger charge is 2.15. The van der Waals surface area contributed by atoms with Crippen LogP contribution in [0.25, 0.3) is 0 Å². The number of nitrogens with zero attached hydrogens (tertiary/aromatic N) is 1. The third-order valence-electron chi connectivity index (χ3n) is 3.73. The summed E-state index contributed by atoms with van der Waals surface area (Å²) in [7, 11) is 1.43. The van der Waals surface area contributed by atoms with E-state index in [0.29, 0.717) is 5.69 Å². The molecular weight excluding hydrogens is 383 g/mol. The Morgan fingerprint density at radius 2 is 1.79 bits per heavy atom. The molecule has 148 valence electrons. The lowest BCUT2D eigenvalue weighted by Gasteiger charge is -2.16. The molecule has 28 heavy (non-hydrogen) atoms. The van der Waals surface area contributed by atoms with Crippen molar-refractivity contribution in [2.75, 3.05) is 31.3 Å².